The third-order valence-electron chi connectivity index (χ3n) is 5.47. The minimum atomic E-state index is -1.02. The summed E-state index contributed by atoms with van der Waals surface area (Å²) in [7, 11) is 0. The zero-order chi connectivity index (χ0) is 21.8. The fraction of sp³-hybridized carbons (Fsp3) is 0.304. The second-order valence-corrected chi connectivity index (χ2v) is 7.40. The minimum Gasteiger partial charge on any atom is -0.488 e. The van der Waals surface area contributed by atoms with Crippen molar-refractivity contribution in [2.45, 2.75) is 32.8 Å². The Hall–Kier alpha value is -3.68. The lowest BCUT2D eigenvalue weighted by Gasteiger charge is -2.26. The molecule has 0 saturated carbocycles. The molecule has 0 aliphatic heterocycles. The van der Waals surface area contributed by atoms with Gasteiger partial charge in [-0.15, -0.1) is 10.2 Å². The first-order valence-corrected chi connectivity index (χ1v) is 10.4. The minimum absolute atomic E-state index is 0.0555. The molecule has 3 heterocycles. The molecular formula is C23H25N5O3. The van der Waals surface area contributed by atoms with Gasteiger partial charge in [-0.3, -0.25) is 4.40 Å². The second-order valence-electron chi connectivity index (χ2n) is 7.40. The van der Waals surface area contributed by atoms with Crippen molar-refractivity contribution in [3.8, 4) is 17.3 Å². The molecule has 8 heteroatoms. The smallest absolute Gasteiger partial charge is 0.404 e. The number of rotatable bonds is 8. The Balaban J connectivity index is 1.69. The van der Waals surface area contributed by atoms with E-state index in [1.807, 2.05) is 73.0 Å². The van der Waals surface area contributed by atoms with Gasteiger partial charge in [-0.05, 0) is 37.1 Å². The molecule has 0 fully saturated rings. The lowest BCUT2D eigenvalue weighted by molar-refractivity contribution is 0.124. The third-order valence-corrected chi connectivity index (χ3v) is 5.47. The quantitative estimate of drug-likeness (QED) is 0.439. The number of nitrogens with one attached hydrogen (secondary N) is 1. The Morgan fingerprint density at radius 2 is 1.97 bits per heavy atom. The van der Waals surface area contributed by atoms with Gasteiger partial charge in [0, 0.05) is 24.0 Å². The fourth-order valence-corrected chi connectivity index (χ4v) is 3.79. The van der Waals surface area contributed by atoms with Crippen LogP contribution in [-0.4, -0.2) is 43.4 Å². The van der Waals surface area contributed by atoms with Crippen LogP contribution in [0.3, 0.4) is 0 Å². The van der Waals surface area contributed by atoms with E-state index in [4.69, 9.17) is 14.8 Å². The Morgan fingerprint density at radius 1 is 1.10 bits per heavy atom. The van der Waals surface area contributed by atoms with Gasteiger partial charge in [0.15, 0.2) is 11.5 Å². The first kappa shape index (κ1) is 20.6. The van der Waals surface area contributed by atoms with Crippen LogP contribution in [0.4, 0.5) is 4.79 Å². The zero-order valence-corrected chi connectivity index (χ0v) is 17.5. The van der Waals surface area contributed by atoms with Gasteiger partial charge < -0.3 is 15.2 Å². The monoisotopic (exact) mass is 419 g/mol. The highest BCUT2D eigenvalue weighted by molar-refractivity contribution is 5.86. The first-order valence-electron chi connectivity index (χ1n) is 10.4. The molecule has 0 aliphatic carbocycles. The summed E-state index contributed by atoms with van der Waals surface area (Å²) in [5.74, 6) is 1.39. The number of amides is 1. The van der Waals surface area contributed by atoms with Crippen LogP contribution in [0, 0.1) is 5.92 Å². The van der Waals surface area contributed by atoms with Gasteiger partial charge in [-0.2, -0.15) is 0 Å². The maximum Gasteiger partial charge on any atom is 0.404 e. The van der Waals surface area contributed by atoms with Crippen molar-refractivity contribution in [2.24, 2.45) is 5.92 Å². The number of hydrogen-bond donors (Lipinski definition) is 2. The molecule has 160 valence electrons. The Bertz CT molecular complexity index is 1210. The van der Waals surface area contributed by atoms with Crippen molar-refractivity contribution < 1.29 is 14.6 Å². The molecule has 8 nitrogen and oxygen atoms in total. The Kier molecular flexibility index (Phi) is 5.97. The van der Waals surface area contributed by atoms with Gasteiger partial charge in [-0.1, -0.05) is 38.1 Å². The lowest BCUT2D eigenvalue weighted by atomic mass is 9.97. The number of ether oxygens (including phenoxy) is 1. The van der Waals surface area contributed by atoms with Crippen molar-refractivity contribution in [3.63, 3.8) is 0 Å². The van der Waals surface area contributed by atoms with Gasteiger partial charge in [-0.25, -0.2) is 9.78 Å². The van der Waals surface area contributed by atoms with Crippen molar-refractivity contribution >= 4 is 22.6 Å². The predicted molar refractivity (Wildman–Crippen MR) is 118 cm³/mol. The molecule has 0 saturated heterocycles. The van der Waals surface area contributed by atoms with Crippen LogP contribution in [0.2, 0.25) is 0 Å². The van der Waals surface area contributed by atoms with E-state index >= 15 is 0 Å². The number of para-hydroxylation sites is 1. The maximum absolute atomic E-state index is 10.9. The molecule has 4 rings (SSSR count). The summed E-state index contributed by atoms with van der Waals surface area (Å²) >= 11 is 0. The average molecular weight is 419 g/mol. The molecule has 0 bridgehead atoms. The number of carboxylic acid groups (broad SMARTS) is 1. The summed E-state index contributed by atoms with van der Waals surface area (Å²) in [4.78, 5) is 15.8. The average Bonchev–Trinajstić information content (AvgIpc) is 3.22. The molecule has 2 N–H and O–H groups in total. The second kappa shape index (κ2) is 8.99. The number of benzene rings is 1. The predicted octanol–water partition coefficient (Wildman–Crippen LogP) is 4.40. The van der Waals surface area contributed by atoms with Crippen LogP contribution >= 0.6 is 0 Å². The first-order chi connectivity index (χ1) is 15.1. The van der Waals surface area contributed by atoms with Crippen molar-refractivity contribution in [1.82, 2.24) is 24.9 Å². The van der Waals surface area contributed by atoms with Crippen LogP contribution in [0.15, 0.2) is 54.7 Å². The molecule has 31 heavy (non-hydrogen) atoms. The number of hydrogen-bond acceptors (Lipinski definition) is 5. The number of aromatic nitrogens is 4. The van der Waals surface area contributed by atoms with Gasteiger partial charge in [0.1, 0.15) is 23.1 Å². The Morgan fingerprint density at radius 3 is 2.74 bits per heavy atom. The summed E-state index contributed by atoms with van der Waals surface area (Å²) in [6, 6.07) is 15.5. The van der Waals surface area contributed by atoms with Crippen molar-refractivity contribution in [3.05, 3.63) is 54.7 Å². The van der Waals surface area contributed by atoms with Crippen LogP contribution in [0.25, 0.3) is 28.1 Å². The molecule has 2 unspecified atom stereocenters. The number of fused-ring (bicyclic) bond motifs is 2. The Labute approximate surface area is 179 Å². The van der Waals surface area contributed by atoms with Crippen LogP contribution in [0.1, 0.15) is 26.7 Å². The number of pyridine rings is 2. The van der Waals surface area contributed by atoms with E-state index in [0.717, 1.165) is 29.4 Å². The van der Waals surface area contributed by atoms with Gasteiger partial charge in [0.2, 0.25) is 0 Å². The van der Waals surface area contributed by atoms with E-state index in [1.165, 1.54) is 0 Å². The lowest BCUT2D eigenvalue weighted by Crippen LogP contribution is -2.36. The standard InChI is InChI=1S/C23H25N5O3/c1-3-15(14-24-23(29)30)18(4-2)31-19-9-7-8-16-11-12-17(25-21(16)19)22-27-26-20-10-5-6-13-28(20)22/h5-13,15,18,24H,3-4,14H2,1-2H3,(H,29,30). The summed E-state index contributed by atoms with van der Waals surface area (Å²) in [6.45, 7) is 4.43. The summed E-state index contributed by atoms with van der Waals surface area (Å²) in [6.07, 6.45) is 2.30. The molecule has 0 aliphatic rings. The molecule has 1 aromatic carbocycles. The maximum atomic E-state index is 10.9. The van der Waals surface area contributed by atoms with E-state index in [1.54, 1.807) is 0 Å². The molecular weight excluding hydrogens is 394 g/mol. The van der Waals surface area contributed by atoms with E-state index < -0.39 is 6.09 Å². The highest BCUT2D eigenvalue weighted by Gasteiger charge is 2.22. The zero-order valence-electron chi connectivity index (χ0n) is 17.5. The van der Waals surface area contributed by atoms with Gasteiger partial charge in [0.05, 0.1) is 0 Å². The van der Waals surface area contributed by atoms with E-state index in [-0.39, 0.29) is 12.0 Å². The van der Waals surface area contributed by atoms with E-state index in [9.17, 15) is 4.79 Å². The molecule has 1 amide bonds. The fourth-order valence-electron chi connectivity index (χ4n) is 3.79. The highest BCUT2D eigenvalue weighted by Crippen LogP contribution is 2.29. The number of carbonyl (C=O) groups is 1. The van der Waals surface area contributed by atoms with Gasteiger partial charge in [0.25, 0.3) is 0 Å². The molecule has 2 atom stereocenters. The highest BCUT2D eigenvalue weighted by atomic mass is 16.5. The summed E-state index contributed by atoms with van der Waals surface area (Å²) < 4.78 is 8.28. The van der Waals surface area contributed by atoms with E-state index in [2.05, 4.69) is 15.5 Å². The van der Waals surface area contributed by atoms with E-state index in [0.29, 0.717) is 23.8 Å². The van der Waals surface area contributed by atoms with Crippen molar-refractivity contribution in [1.29, 1.82) is 0 Å². The summed E-state index contributed by atoms with van der Waals surface area (Å²) in [5, 5.41) is 20.9. The van der Waals surface area contributed by atoms with Crippen molar-refractivity contribution in [2.75, 3.05) is 6.54 Å². The molecule has 4 aromatic rings. The molecule has 0 spiro atoms. The SMILES string of the molecule is CCC(CNC(=O)O)C(CC)Oc1cccc2ccc(-c3nnc4ccccn34)nc12. The van der Waals surface area contributed by atoms with Crippen LogP contribution in [-0.2, 0) is 0 Å². The topological polar surface area (TPSA) is 102 Å². The molecule has 3 aromatic heterocycles. The largest absolute Gasteiger partial charge is 0.488 e. The third kappa shape index (κ3) is 4.28. The van der Waals surface area contributed by atoms with Gasteiger partial charge >= 0.3 is 6.09 Å². The normalized spacial score (nSPS) is 13.2. The van der Waals surface area contributed by atoms with Crippen LogP contribution < -0.4 is 10.1 Å². The number of nitrogens with zero attached hydrogens (tertiary/aromatic N) is 4. The molecule has 0 radical (unpaired) electrons. The van der Waals surface area contributed by atoms with Crippen LogP contribution in [0.5, 0.6) is 5.75 Å². The summed E-state index contributed by atoms with van der Waals surface area (Å²) in [5.41, 5.74) is 2.20.